The standard InChI is InChI=1S/C24H20N4O4S2/c1-16-15-22(27-32-16)28-34(30,31)21-13-11-20(12-14-21)25-24(33)26-23(29)19-9-7-18(8-10-19)17-5-3-2-4-6-17/h2-15H,1H3,(H,27,28)(H2,25,26,29,33). The van der Waals surface area contributed by atoms with Gasteiger partial charge in [0.2, 0.25) is 0 Å². The first-order valence-electron chi connectivity index (χ1n) is 10.1. The number of sulfonamides is 1. The van der Waals surface area contributed by atoms with Crippen molar-refractivity contribution in [3.05, 3.63) is 96.3 Å². The first kappa shape index (κ1) is 23.1. The van der Waals surface area contributed by atoms with E-state index in [4.69, 9.17) is 16.7 Å². The van der Waals surface area contributed by atoms with E-state index in [0.29, 0.717) is 17.0 Å². The number of aryl methyl sites for hydroxylation is 1. The molecule has 0 aliphatic heterocycles. The minimum Gasteiger partial charge on any atom is -0.360 e. The molecule has 0 spiro atoms. The molecule has 34 heavy (non-hydrogen) atoms. The third-order valence-electron chi connectivity index (χ3n) is 4.77. The summed E-state index contributed by atoms with van der Waals surface area (Å²) < 4.78 is 32.1. The fraction of sp³-hybridized carbons (Fsp3) is 0.0417. The molecule has 0 aliphatic carbocycles. The van der Waals surface area contributed by atoms with Crippen molar-refractivity contribution in [2.24, 2.45) is 0 Å². The van der Waals surface area contributed by atoms with E-state index in [1.165, 1.54) is 30.3 Å². The van der Waals surface area contributed by atoms with Crippen molar-refractivity contribution in [3.8, 4) is 11.1 Å². The molecule has 0 saturated heterocycles. The Bertz CT molecular complexity index is 1420. The van der Waals surface area contributed by atoms with E-state index < -0.39 is 10.0 Å². The van der Waals surface area contributed by atoms with Gasteiger partial charge in [-0.2, -0.15) is 0 Å². The molecule has 8 nitrogen and oxygen atoms in total. The van der Waals surface area contributed by atoms with Crippen LogP contribution in [0.15, 0.2) is 94.3 Å². The van der Waals surface area contributed by atoms with Crippen LogP contribution in [-0.4, -0.2) is 24.6 Å². The number of carbonyl (C=O) groups excluding carboxylic acids is 1. The van der Waals surface area contributed by atoms with Gasteiger partial charge in [0.15, 0.2) is 10.9 Å². The number of carbonyl (C=O) groups is 1. The van der Waals surface area contributed by atoms with Crippen LogP contribution in [0.3, 0.4) is 0 Å². The van der Waals surface area contributed by atoms with Crippen molar-refractivity contribution in [1.29, 1.82) is 0 Å². The Morgan fingerprint density at radius 3 is 2.18 bits per heavy atom. The van der Waals surface area contributed by atoms with Gasteiger partial charge in [-0.05, 0) is 66.7 Å². The molecule has 0 saturated carbocycles. The molecule has 1 heterocycles. The lowest BCUT2D eigenvalue weighted by atomic mass is 10.0. The van der Waals surface area contributed by atoms with Crippen LogP contribution in [-0.2, 0) is 10.0 Å². The average molecular weight is 493 g/mol. The summed E-state index contributed by atoms with van der Waals surface area (Å²) in [6.45, 7) is 1.66. The molecule has 1 aromatic heterocycles. The van der Waals surface area contributed by atoms with Crippen molar-refractivity contribution >= 4 is 44.8 Å². The van der Waals surface area contributed by atoms with Gasteiger partial charge in [-0.15, -0.1) is 0 Å². The Kier molecular flexibility index (Phi) is 6.71. The first-order chi connectivity index (χ1) is 16.3. The molecule has 0 radical (unpaired) electrons. The minimum absolute atomic E-state index is 0.0344. The van der Waals surface area contributed by atoms with Gasteiger partial charge in [-0.3, -0.25) is 14.8 Å². The summed E-state index contributed by atoms with van der Waals surface area (Å²) >= 11 is 5.22. The van der Waals surface area contributed by atoms with Gasteiger partial charge in [-0.1, -0.05) is 47.6 Å². The fourth-order valence-corrected chi connectivity index (χ4v) is 4.31. The highest BCUT2D eigenvalue weighted by atomic mass is 32.2. The second-order valence-electron chi connectivity index (χ2n) is 7.30. The lowest BCUT2D eigenvalue weighted by Gasteiger charge is -2.11. The maximum absolute atomic E-state index is 12.5. The number of thiocarbonyl (C=S) groups is 1. The molecule has 3 aromatic carbocycles. The molecule has 0 aliphatic rings. The Balaban J connectivity index is 1.35. The third kappa shape index (κ3) is 5.66. The molecule has 0 bridgehead atoms. The fourth-order valence-electron chi connectivity index (χ4n) is 3.11. The maximum Gasteiger partial charge on any atom is 0.263 e. The molecular weight excluding hydrogens is 472 g/mol. The number of rotatable bonds is 6. The van der Waals surface area contributed by atoms with Crippen LogP contribution in [0.25, 0.3) is 11.1 Å². The predicted octanol–water partition coefficient (Wildman–Crippen LogP) is 4.58. The Morgan fingerprint density at radius 2 is 1.56 bits per heavy atom. The second-order valence-corrected chi connectivity index (χ2v) is 9.39. The molecular formula is C24H20N4O4S2. The monoisotopic (exact) mass is 492 g/mol. The van der Waals surface area contributed by atoms with E-state index in [0.717, 1.165) is 11.1 Å². The zero-order valence-electron chi connectivity index (χ0n) is 18.0. The van der Waals surface area contributed by atoms with Gasteiger partial charge in [0.05, 0.1) is 4.90 Å². The number of amides is 1. The number of nitrogens with one attached hydrogen (secondary N) is 3. The van der Waals surface area contributed by atoms with Gasteiger partial charge in [0.25, 0.3) is 15.9 Å². The third-order valence-corrected chi connectivity index (χ3v) is 6.35. The van der Waals surface area contributed by atoms with Crippen molar-refractivity contribution in [3.63, 3.8) is 0 Å². The summed E-state index contributed by atoms with van der Waals surface area (Å²) in [5.74, 6) is 0.226. The summed E-state index contributed by atoms with van der Waals surface area (Å²) in [7, 11) is -3.83. The zero-order valence-corrected chi connectivity index (χ0v) is 19.6. The first-order valence-corrected chi connectivity index (χ1v) is 12.0. The number of anilines is 2. The number of nitrogens with zero attached hydrogens (tertiary/aromatic N) is 1. The highest BCUT2D eigenvalue weighted by Gasteiger charge is 2.16. The normalized spacial score (nSPS) is 11.0. The molecule has 4 aromatic rings. The van der Waals surface area contributed by atoms with Crippen LogP contribution < -0.4 is 15.4 Å². The number of aromatic nitrogens is 1. The van der Waals surface area contributed by atoms with E-state index in [2.05, 4.69) is 20.5 Å². The molecule has 172 valence electrons. The maximum atomic E-state index is 12.5. The molecule has 0 fully saturated rings. The van der Waals surface area contributed by atoms with Crippen LogP contribution in [0, 0.1) is 6.92 Å². The summed E-state index contributed by atoms with van der Waals surface area (Å²) in [5, 5.41) is 9.19. The highest BCUT2D eigenvalue weighted by Crippen LogP contribution is 2.20. The Hall–Kier alpha value is -4.02. The smallest absolute Gasteiger partial charge is 0.263 e. The largest absolute Gasteiger partial charge is 0.360 e. The quantitative estimate of drug-likeness (QED) is 0.338. The van der Waals surface area contributed by atoms with Crippen molar-refractivity contribution < 1.29 is 17.7 Å². The Labute approximate surface area is 202 Å². The Morgan fingerprint density at radius 1 is 0.912 bits per heavy atom. The molecule has 0 unspecified atom stereocenters. The van der Waals surface area contributed by atoms with Crippen molar-refractivity contribution in [2.45, 2.75) is 11.8 Å². The molecule has 4 rings (SSSR count). The minimum atomic E-state index is -3.83. The summed E-state index contributed by atoms with van der Waals surface area (Å²) in [6, 6.07) is 24.4. The van der Waals surface area contributed by atoms with Crippen LogP contribution in [0.5, 0.6) is 0 Å². The summed E-state index contributed by atoms with van der Waals surface area (Å²) in [4.78, 5) is 12.5. The van der Waals surface area contributed by atoms with Crippen molar-refractivity contribution in [1.82, 2.24) is 10.5 Å². The average Bonchev–Trinajstić information content (AvgIpc) is 3.23. The van der Waals surface area contributed by atoms with Crippen LogP contribution in [0.4, 0.5) is 11.5 Å². The van der Waals surface area contributed by atoms with Gasteiger partial charge in [0.1, 0.15) is 5.76 Å². The lowest BCUT2D eigenvalue weighted by molar-refractivity contribution is 0.0977. The summed E-state index contributed by atoms with van der Waals surface area (Å²) in [5.41, 5.74) is 3.03. The zero-order chi connectivity index (χ0) is 24.1. The molecule has 0 atom stereocenters. The van der Waals surface area contributed by atoms with Crippen LogP contribution in [0.2, 0.25) is 0 Å². The van der Waals surface area contributed by atoms with E-state index in [1.54, 1.807) is 19.1 Å². The van der Waals surface area contributed by atoms with Gasteiger partial charge in [-0.25, -0.2) is 8.42 Å². The number of benzene rings is 3. The molecule has 10 heteroatoms. The van der Waals surface area contributed by atoms with Crippen LogP contribution in [0.1, 0.15) is 16.1 Å². The van der Waals surface area contributed by atoms with Gasteiger partial charge in [0, 0.05) is 17.3 Å². The van der Waals surface area contributed by atoms with Gasteiger partial charge >= 0.3 is 0 Å². The van der Waals surface area contributed by atoms with E-state index in [9.17, 15) is 13.2 Å². The number of hydrogen-bond acceptors (Lipinski definition) is 6. The van der Waals surface area contributed by atoms with E-state index >= 15 is 0 Å². The highest BCUT2D eigenvalue weighted by molar-refractivity contribution is 7.92. The predicted molar refractivity (Wildman–Crippen MR) is 134 cm³/mol. The molecule has 3 N–H and O–H groups in total. The lowest BCUT2D eigenvalue weighted by Crippen LogP contribution is -2.34. The second kappa shape index (κ2) is 9.86. The van der Waals surface area contributed by atoms with Crippen molar-refractivity contribution in [2.75, 3.05) is 10.0 Å². The molecule has 1 amide bonds. The summed E-state index contributed by atoms with van der Waals surface area (Å²) in [6.07, 6.45) is 0. The van der Waals surface area contributed by atoms with Crippen LogP contribution >= 0.6 is 12.2 Å². The van der Waals surface area contributed by atoms with E-state index in [-0.39, 0.29) is 21.7 Å². The SMILES string of the molecule is Cc1cc(NS(=O)(=O)c2ccc(NC(=S)NC(=O)c3ccc(-c4ccccc4)cc3)cc2)no1. The van der Waals surface area contributed by atoms with E-state index in [1.807, 2.05) is 42.5 Å². The topological polar surface area (TPSA) is 113 Å². The number of hydrogen-bond donors (Lipinski definition) is 3. The van der Waals surface area contributed by atoms with Gasteiger partial charge < -0.3 is 9.84 Å².